The first-order chi connectivity index (χ1) is 30.6. The SMILES string of the molecule is CC[C@@H]1C[C@]1(NC(=O)[C@@H]1C[C@@H](Oc2cc(-c3csc(NC(C)C)n3)nc3c(Cl)c(OCCN4CCOCC4)ccc23)CN1C(=O)[C@@H](NC(=O)OC1CC2C[C@H]2C1)C(C)(C)C)C(=O)OC. The van der Waals surface area contributed by atoms with E-state index < -0.39 is 53.0 Å². The molecule has 18 heteroatoms. The van der Waals surface area contributed by atoms with Gasteiger partial charge in [0.05, 0.1) is 38.1 Å². The number of fused-ring (bicyclic) bond motifs is 2. The number of likely N-dealkylation sites (tertiary alicyclic amines) is 1. The van der Waals surface area contributed by atoms with Gasteiger partial charge < -0.3 is 44.5 Å². The van der Waals surface area contributed by atoms with Crippen LogP contribution in [0.15, 0.2) is 23.6 Å². The highest BCUT2D eigenvalue weighted by atomic mass is 35.5. The van der Waals surface area contributed by atoms with E-state index >= 15 is 0 Å². The van der Waals surface area contributed by atoms with E-state index in [0.717, 1.165) is 31.1 Å². The summed E-state index contributed by atoms with van der Waals surface area (Å²) in [6, 6.07) is 3.52. The Kier molecular flexibility index (Phi) is 13.5. The van der Waals surface area contributed by atoms with E-state index in [2.05, 4.69) is 20.9 Å². The number of benzene rings is 1. The lowest BCUT2D eigenvalue weighted by Crippen LogP contribution is -2.59. The normalized spacial score (nSPS) is 26.9. The molecule has 8 rings (SSSR count). The van der Waals surface area contributed by atoms with Gasteiger partial charge in [-0.2, -0.15) is 0 Å². The summed E-state index contributed by atoms with van der Waals surface area (Å²) in [5.41, 5.74) is -0.389. The Bertz CT molecular complexity index is 2220. The van der Waals surface area contributed by atoms with Crippen molar-refractivity contribution in [3.05, 3.63) is 28.6 Å². The van der Waals surface area contributed by atoms with Gasteiger partial charge in [-0.25, -0.2) is 19.6 Å². The number of carbonyl (C=O) groups is 4. The second kappa shape index (κ2) is 18.8. The highest BCUT2D eigenvalue weighted by Crippen LogP contribution is 2.52. The van der Waals surface area contributed by atoms with Gasteiger partial charge >= 0.3 is 12.1 Å². The standard InChI is InChI=1S/C46H62ClN7O9S/c1-8-28-22-46(28,42(57)59-7)52-40(55)34-20-30(23-54(34)41(56)39(45(4,5)6)51-44(58)63-29-18-26-17-27(26)19-29)62-36-21-32(33-24-64-43(50-33)48-25(2)3)49-38-31(36)9-10-35(37(38)47)61-16-13-53-11-14-60-15-12-53/h9-10,21,24-30,34,39H,8,11-20,22-23H2,1-7H3,(H,48,50)(H,51,58)(H,52,55)/t26-,27?,28+,29?,30+,34-,39+,46+/m0/s1. The summed E-state index contributed by atoms with van der Waals surface area (Å²) in [5.74, 6) is 0.517. The Labute approximate surface area is 383 Å². The number of pyridine rings is 1. The van der Waals surface area contributed by atoms with Crippen LogP contribution >= 0.6 is 22.9 Å². The van der Waals surface area contributed by atoms with Crippen LogP contribution in [-0.2, 0) is 28.6 Å². The molecule has 348 valence electrons. The lowest BCUT2D eigenvalue weighted by atomic mass is 9.85. The van der Waals surface area contributed by atoms with Crippen LogP contribution in [0.4, 0.5) is 9.93 Å². The van der Waals surface area contributed by atoms with Crippen molar-refractivity contribution in [2.45, 2.75) is 116 Å². The summed E-state index contributed by atoms with van der Waals surface area (Å²) in [5, 5.41) is 12.8. The summed E-state index contributed by atoms with van der Waals surface area (Å²) in [7, 11) is 1.30. The predicted molar refractivity (Wildman–Crippen MR) is 243 cm³/mol. The summed E-state index contributed by atoms with van der Waals surface area (Å²) in [6.07, 6.45) is 2.47. The zero-order valence-electron chi connectivity index (χ0n) is 37.9. The topological polar surface area (TPSA) is 183 Å². The van der Waals surface area contributed by atoms with Gasteiger partial charge in [0.2, 0.25) is 11.8 Å². The van der Waals surface area contributed by atoms with Gasteiger partial charge in [-0.05, 0) is 74.8 Å². The highest BCUT2D eigenvalue weighted by Gasteiger charge is 2.62. The zero-order chi connectivity index (χ0) is 45.5. The Morgan fingerprint density at radius 2 is 1.77 bits per heavy atom. The molecule has 16 nitrogen and oxygen atoms in total. The average Bonchev–Trinajstić information content (AvgIpc) is 3.92. The molecule has 4 heterocycles. The van der Waals surface area contributed by atoms with Crippen molar-refractivity contribution in [1.82, 2.24) is 30.4 Å². The summed E-state index contributed by atoms with van der Waals surface area (Å²) < 4.78 is 29.6. The lowest BCUT2D eigenvalue weighted by molar-refractivity contribution is -0.148. The van der Waals surface area contributed by atoms with Crippen LogP contribution < -0.4 is 25.4 Å². The number of thiazole rings is 1. The number of aromatic nitrogens is 2. The molecule has 2 saturated heterocycles. The molecule has 0 radical (unpaired) electrons. The maximum atomic E-state index is 14.9. The molecule has 3 amide bonds. The highest BCUT2D eigenvalue weighted by molar-refractivity contribution is 7.14. The first kappa shape index (κ1) is 46.1. The number of amides is 3. The molecule has 2 aliphatic heterocycles. The van der Waals surface area contributed by atoms with Gasteiger partial charge in [-0.1, -0.05) is 45.7 Å². The van der Waals surface area contributed by atoms with E-state index in [0.29, 0.717) is 89.9 Å². The van der Waals surface area contributed by atoms with Crippen molar-refractivity contribution in [1.29, 1.82) is 0 Å². The minimum atomic E-state index is -1.19. The molecule has 5 fully saturated rings. The van der Waals surface area contributed by atoms with Crippen LogP contribution in [-0.4, -0.2) is 133 Å². The second-order valence-electron chi connectivity index (χ2n) is 19.4. The van der Waals surface area contributed by atoms with E-state index in [1.54, 1.807) is 12.1 Å². The molecule has 5 aliphatic rings. The van der Waals surface area contributed by atoms with Crippen molar-refractivity contribution in [2.75, 3.05) is 58.4 Å². The largest absolute Gasteiger partial charge is 0.491 e. The monoisotopic (exact) mass is 923 g/mol. The van der Waals surface area contributed by atoms with Gasteiger partial charge in [0.25, 0.3) is 0 Å². The molecule has 3 saturated carbocycles. The van der Waals surface area contributed by atoms with E-state index in [1.165, 1.54) is 29.8 Å². The number of alkyl carbamates (subject to hydrolysis) is 1. The van der Waals surface area contributed by atoms with Crippen molar-refractivity contribution >= 4 is 62.8 Å². The van der Waals surface area contributed by atoms with E-state index in [1.807, 2.05) is 53.0 Å². The Hall–Kier alpha value is -4.45. The first-order valence-electron chi connectivity index (χ1n) is 22.7. The van der Waals surface area contributed by atoms with Crippen molar-refractivity contribution in [3.63, 3.8) is 0 Å². The molecule has 64 heavy (non-hydrogen) atoms. The maximum Gasteiger partial charge on any atom is 0.408 e. The fourth-order valence-electron chi connectivity index (χ4n) is 9.55. The molecule has 2 aromatic heterocycles. The third-order valence-corrected chi connectivity index (χ3v) is 14.4. The minimum absolute atomic E-state index is 0.00339. The second-order valence-corrected chi connectivity index (χ2v) is 20.6. The predicted octanol–water partition coefficient (Wildman–Crippen LogP) is 6.29. The zero-order valence-corrected chi connectivity index (χ0v) is 39.4. The van der Waals surface area contributed by atoms with Crippen LogP contribution in [0.3, 0.4) is 0 Å². The van der Waals surface area contributed by atoms with Crippen LogP contribution in [0.25, 0.3) is 22.3 Å². The number of halogens is 1. The molecule has 3 N–H and O–H groups in total. The average molecular weight is 925 g/mol. The Morgan fingerprint density at radius 1 is 1.02 bits per heavy atom. The van der Waals surface area contributed by atoms with Crippen molar-refractivity contribution in [2.24, 2.45) is 23.2 Å². The lowest BCUT2D eigenvalue weighted by Gasteiger charge is -2.35. The Balaban J connectivity index is 1.09. The smallest absolute Gasteiger partial charge is 0.408 e. The van der Waals surface area contributed by atoms with Gasteiger partial charge in [-0.15, -0.1) is 11.3 Å². The molecule has 1 aromatic carbocycles. The fourth-order valence-corrected chi connectivity index (χ4v) is 10.7. The third kappa shape index (κ3) is 10.0. The van der Waals surface area contributed by atoms with Gasteiger partial charge in [0.1, 0.15) is 58.7 Å². The Morgan fingerprint density at radius 3 is 2.44 bits per heavy atom. The number of hydrogen-bond donors (Lipinski definition) is 3. The summed E-state index contributed by atoms with van der Waals surface area (Å²) >= 11 is 8.58. The third-order valence-electron chi connectivity index (χ3n) is 13.3. The molecule has 3 aromatic rings. The number of ether oxygens (including phenoxy) is 5. The molecule has 8 atom stereocenters. The molecular weight excluding hydrogens is 862 g/mol. The summed E-state index contributed by atoms with van der Waals surface area (Å²) in [6.45, 7) is 15.8. The van der Waals surface area contributed by atoms with Gasteiger partial charge in [-0.3, -0.25) is 14.5 Å². The number of rotatable bonds is 16. The maximum absolute atomic E-state index is 14.9. The van der Waals surface area contributed by atoms with Crippen LogP contribution in [0.1, 0.15) is 80.1 Å². The van der Waals surface area contributed by atoms with Crippen LogP contribution in [0.2, 0.25) is 5.02 Å². The number of esters is 1. The van der Waals surface area contributed by atoms with Gasteiger partial charge in [0, 0.05) is 48.9 Å². The number of carbonyl (C=O) groups excluding carboxylic acids is 4. The number of anilines is 1. The minimum Gasteiger partial charge on any atom is -0.491 e. The van der Waals surface area contributed by atoms with Gasteiger partial charge in [0.15, 0.2) is 5.13 Å². The van der Waals surface area contributed by atoms with E-state index in [9.17, 15) is 19.2 Å². The van der Waals surface area contributed by atoms with Crippen molar-refractivity contribution < 1.29 is 42.9 Å². The van der Waals surface area contributed by atoms with E-state index in [-0.39, 0.29) is 31.0 Å². The fraction of sp³-hybridized carbons (Fsp3) is 0.652. The van der Waals surface area contributed by atoms with Crippen LogP contribution in [0.5, 0.6) is 11.5 Å². The van der Waals surface area contributed by atoms with E-state index in [4.69, 9.17) is 45.3 Å². The van der Waals surface area contributed by atoms with Crippen LogP contribution in [0, 0.1) is 23.2 Å². The molecule has 0 spiro atoms. The number of nitrogens with one attached hydrogen (secondary N) is 3. The molecule has 2 unspecified atom stereocenters. The molecule has 0 bridgehead atoms. The number of hydrogen-bond acceptors (Lipinski definition) is 14. The summed E-state index contributed by atoms with van der Waals surface area (Å²) in [4.78, 5) is 69.5. The quantitative estimate of drug-likeness (QED) is 0.137. The molecule has 3 aliphatic carbocycles. The number of morpholine rings is 1. The first-order valence-corrected chi connectivity index (χ1v) is 24.0. The number of methoxy groups -OCH3 is 1. The molecular formula is C46H62ClN7O9S. The number of nitrogens with zero attached hydrogens (tertiary/aromatic N) is 4. The van der Waals surface area contributed by atoms with Crippen molar-refractivity contribution in [3.8, 4) is 22.9 Å².